The molecule has 5 nitrogen and oxygen atoms in total. The molecule has 1 aliphatic rings. The molecular formula is C15H17N2O3+. The molecule has 2 heterocycles. The van der Waals surface area contributed by atoms with Crippen LogP contribution in [-0.2, 0) is 13.6 Å². The zero-order valence-corrected chi connectivity index (χ0v) is 11.6. The summed E-state index contributed by atoms with van der Waals surface area (Å²) in [4.78, 5) is 12.3. The first-order valence-corrected chi connectivity index (χ1v) is 6.59. The van der Waals surface area contributed by atoms with Gasteiger partial charge in [0.25, 0.3) is 5.82 Å². The molecule has 0 unspecified atom stereocenters. The van der Waals surface area contributed by atoms with Gasteiger partial charge in [-0.25, -0.2) is 9.13 Å². The topological polar surface area (TPSA) is 44.3 Å². The lowest BCUT2D eigenvalue weighted by Gasteiger charge is -2.18. The molecule has 0 aliphatic carbocycles. The predicted octanol–water partition coefficient (Wildman–Crippen LogP) is 1.28. The number of aryl methyl sites for hydroxylation is 1. The van der Waals surface area contributed by atoms with Crippen LogP contribution in [0.25, 0.3) is 0 Å². The van der Waals surface area contributed by atoms with Gasteiger partial charge < -0.3 is 9.47 Å². The molecule has 3 rings (SSSR count). The molecule has 104 valence electrons. The molecule has 0 spiro atoms. The van der Waals surface area contributed by atoms with Crippen LogP contribution in [0.4, 0.5) is 0 Å². The molecule has 1 aromatic carbocycles. The van der Waals surface area contributed by atoms with Gasteiger partial charge in [-0.05, 0) is 18.2 Å². The lowest BCUT2D eigenvalue weighted by atomic mass is 10.1. The zero-order valence-electron chi connectivity index (χ0n) is 11.6. The van der Waals surface area contributed by atoms with Crippen LogP contribution < -0.4 is 14.0 Å². The maximum absolute atomic E-state index is 12.3. The van der Waals surface area contributed by atoms with Crippen molar-refractivity contribution >= 4 is 5.78 Å². The number of benzene rings is 1. The van der Waals surface area contributed by atoms with E-state index in [0.717, 1.165) is 5.82 Å². The van der Waals surface area contributed by atoms with E-state index in [1.165, 1.54) is 0 Å². The van der Waals surface area contributed by atoms with Gasteiger partial charge in [-0.2, -0.15) is 0 Å². The Hall–Kier alpha value is -2.30. The van der Waals surface area contributed by atoms with Gasteiger partial charge in [0.05, 0.1) is 7.05 Å². The van der Waals surface area contributed by atoms with Gasteiger partial charge >= 0.3 is 0 Å². The third kappa shape index (κ3) is 2.27. The number of nitrogens with zero attached hydrogens (tertiary/aromatic N) is 2. The molecule has 0 fully saturated rings. The molecule has 0 N–H and O–H groups in total. The van der Waals surface area contributed by atoms with Crippen molar-refractivity contribution in [3.8, 4) is 11.5 Å². The molecule has 20 heavy (non-hydrogen) atoms. The molecule has 0 amide bonds. The van der Waals surface area contributed by atoms with Crippen LogP contribution >= 0.6 is 0 Å². The third-order valence-corrected chi connectivity index (χ3v) is 3.57. The highest BCUT2D eigenvalue weighted by atomic mass is 16.6. The van der Waals surface area contributed by atoms with Gasteiger partial charge in [0.1, 0.15) is 25.6 Å². The number of hydrogen-bond acceptors (Lipinski definition) is 3. The number of fused-ring (bicyclic) bond motifs is 1. The standard InChI is InChI=1S/C15H17N2O3/c1-11-16(2)5-6-17(11)10-13(18)12-3-4-14-15(9-12)20-8-7-19-14/h3-6,9H,7-8,10H2,1-2H3/q+1. The number of ketones is 1. The zero-order chi connectivity index (χ0) is 14.1. The summed E-state index contributed by atoms with van der Waals surface area (Å²) in [5.41, 5.74) is 0.644. The molecule has 5 heteroatoms. The average Bonchev–Trinajstić information content (AvgIpc) is 2.78. The van der Waals surface area contributed by atoms with E-state index in [-0.39, 0.29) is 5.78 Å². The monoisotopic (exact) mass is 273 g/mol. The Morgan fingerprint density at radius 1 is 1.30 bits per heavy atom. The summed E-state index contributed by atoms with van der Waals surface area (Å²) in [5.74, 6) is 2.45. The minimum Gasteiger partial charge on any atom is -0.486 e. The SMILES string of the molecule is Cc1n(CC(=O)c2ccc3c(c2)OCCO3)cc[n+]1C. The highest BCUT2D eigenvalue weighted by Gasteiger charge is 2.18. The van der Waals surface area contributed by atoms with E-state index >= 15 is 0 Å². The van der Waals surface area contributed by atoms with Crippen molar-refractivity contribution in [2.75, 3.05) is 13.2 Å². The summed E-state index contributed by atoms with van der Waals surface area (Å²) in [6.45, 7) is 3.39. The minimum absolute atomic E-state index is 0.0567. The Morgan fingerprint density at radius 2 is 2.05 bits per heavy atom. The van der Waals surface area contributed by atoms with E-state index < -0.39 is 0 Å². The molecule has 0 bridgehead atoms. The fourth-order valence-corrected chi connectivity index (χ4v) is 2.23. The van der Waals surface area contributed by atoms with Crippen molar-refractivity contribution in [2.45, 2.75) is 13.5 Å². The Morgan fingerprint density at radius 3 is 2.75 bits per heavy atom. The Kier molecular flexibility index (Phi) is 3.18. The lowest BCUT2D eigenvalue weighted by molar-refractivity contribution is -0.677. The number of carbonyl (C=O) groups is 1. The second-order valence-electron chi connectivity index (χ2n) is 4.87. The minimum atomic E-state index is 0.0567. The Labute approximate surface area is 117 Å². The van der Waals surface area contributed by atoms with E-state index in [4.69, 9.17) is 9.47 Å². The van der Waals surface area contributed by atoms with Gasteiger partial charge in [0.15, 0.2) is 18.0 Å². The van der Waals surface area contributed by atoms with Crippen molar-refractivity contribution in [3.05, 3.63) is 42.0 Å². The number of Topliss-reactive ketones (excluding diaryl/α,β-unsaturated/α-hetero) is 1. The van der Waals surface area contributed by atoms with Crippen LogP contribution in [0.15, 0.2) is 30.6 Å². The maximum atomic E-state index is 12.3. The number of rotatable bonds is 3. The van der Waals surface area contributed by atoms with Gasteiger partial charge in [-0.1, -0.05) is 0 Å². The third-order valence-electron chi connectivity index (χ3n) is 3.57. The van der Waals surface area contributed by atoms with Gasteiger partial charge in [-0.15, -0.1) is 0 Å². The van der Waals surface area contributed by atoms with Crippen molar-refractivity contribution < 1.29 is 18.8 Å². The Balaban J connectivity index is 1.82. The summed E-state index contributed by atoms with van der Waals surface area (Å²) >= 11 is 0. The first kappa shape index (κ1) is 12.7. The summed E-state index contributed by atoms with van der Waals surface area (Å²) in [5, 5.41) is 0. The number of aromatic nitrogens is 2. The second-order valence-corrected chi connectivity index (χ2v) is 4.87. The fourth-order valence-electron chi connectivity index (χ4n) is 2.23. The largest absolute Gasteiger partial charge is 0.486 e. The first-order chi connectivity index (χ1) is 9.65. The van der Waals surface area contributed by atoms with Crippen LogP contribution in [-0.4, -0.2) is 23.6 Å². The van der Waals surface area contributed by atoms with Gasteiger partial charge in [0.2, 0.25) is 5.78 Å². The summed E-state index contributed by atoms with van der Waals surface area (Å²) in [7, 11) is 1.96. The number of carbonyl (C=O) groups excluding carboxylic acids is 1. The smallest absolute Gasteiger partial charge is 0.253 e. The number of ether oxygens (including phenoxy) is 2. The summed E-state index contributed by atoms with van der Waals surface area (Å²) < 4.78 is 14.9. The quantitative estimate of drug-likeness (QED) is 0.625. The maximum Gasteiger partial charge on any atom is 0.253 e. The molecular weight excluding hydrogens is 256 g/mol. The van der Waals surface area contributed by atoms with Crippen LogP contribution in [0, 0.1) is 6.92 Å². The summed E-state index contributed by atoms with van der Waals surface area (Å²) in [6.07, 6.45) is 3.84. The molecule has 0 radical (unpaired) electrons. The van der Waals surface area contributed by atoms with Gasteiger partial charge in [0, 0.05) is 12.5 Å². The fraction of sp³-hybridized carbons (Fsp3) is 0.333. The normalized spacial score (nSPS) is 13.3. The van der Waals surface area contributed by atoms with Crippen molar-refractivity contribution in [1.29, 1.82) is 0 Å². The molecule has 2 aromatic rings. The molecule has 1 aliphatic heterocycles. The van der Waals surface area contributed by atoms with E-state index in [1.807, 2.05) is 35.5 Å². The van der Waals surface area contributed by atoms with Crippen molar-refractivity contribution in [3.63, 3.8) is 0 Å². The van der Waals surface area contributed by atoms with Crippen LogP contribution in [0.2, 0.25) is 0 Å². The second kappa shape index (κ2) is 5.00. The Bertz CT molecular complexity index is 661. The lowest BCUT2D eigenvalue weighted by Crippen LogP contribution is -2.30. The average molecular weight is 273 g/mol. The molecule has 0 saturated heterocycles. The van der Waals surface area contributed by atoms with E-state index in [2.05, 4.69) is 0 Å². The summed E-state index contributed by atoms with van der Waals surface area (Å²) in [6, 6.07) is 5.34. The highest BCUT2D eigenvalue weighted by Crippen LogP contribution is 2.30. The van der Waals surface area contributed by atoms with Crippen molar-refractivity contribution in [2.24, 2.45) is 7.05 Å². The highest BCUT2D eigenvalue weighted by molar-refractivity contribution is 5.96. The van der Waals surface area contributed by atoms with Crippen LogP contribution in [0.5, 0.6) is 11.5 Å². The predicted molar refractivity (Wildman–Crippen MR) is 72.1 cm³/mol. The van der Waals surface area contributed by atoms with Crippen molar-refractivity contribution in [1.82, 2.24) is 4.57 Å². The van der Waals surface area contributed by atoms with Crippen LogP contribution in [0.3, 0.4) is 0 Å². The van der Waals surface area contributed by atoms with E-state index in [0.29, 0.717) is 36.8 Å². The molecule has 1 aromatic heterocycles. The van der Waals surface area contributed by atoms with Crippen LogP contribution in [0.1, 0.15) is 16.2 Å². The van der Waals surface area contributed by atoms with E-state index in [1.54, 1.807) is 18.2 Å². The number of hydrogen-bond donors (Lipinski definition) is 0. The molecule has 0 atom stereocenters. The van der Waals surface area contributed by atoms with E-state index in [9.17, 15) is 4.79 Å². The van der Waals surface area contributed by atoms with Gasteiger partial charge in [-0.3, -0.25) is 4.79 Å². The first-order valence-electron chi connectivity index (χ1n) is 6.59. The molecule has 0 saturated carbocycles. The number of imidazole rings is 1.